The molecule has 0 bridgehead atoms. The van der Waals surface area contributed by atoms with Crippen molar-refractivity contribution >= 4 is 44.9 Å². The fourth-order valence-electron chi connectivity index (χ4n) is 2.00. The molecule has 0 aliphatic heterocycles. The third-order valence-electron chi connectivity index (χ3n) is 3.08. The zero-order valence-electron chi connectivity index (χ0n) is 11.9. The van der Waals surface area contributed by atoms with Crippen LogP contribution in [0.1, 0.15) is 24.5 Å². The van der Waals surface area contributed by atoms with Crippen LogP contribution in [0.3, 0.4) is 0 Å². The average Bonchev–Trinajstić information content (AvgIpc) is 2.46. The summed E-state index contributed by atoms with van der Waals surface area (Å²) >= 11 is 9.72. The summed E-state index contributed by atoms with van der Waals surface area (Å²) in [6.45, 7) is 4.05. The van der Waals surface area contributed by atoms with Gasteiger partial charge in [-0.05, 0) is 47.0 Å². The van der Waals surface area contributed by atoms with Crippen LogP contribution in [0, 0.1) is 6.92 Å². The Morgan fingerprint density at radius 1 is 1.29 bits per heavy atom. The summed E-state index contributed by atoms with van der Waals surface area (Å²) in [6, 6.07) is 3.84. The maximum absolute atomic E-state index is 6.19. The number of nitrogens with zero attached hydrogens (tertiary/aromatic N) is 2. The minimum Gasteiger partial charge on any atom is -0.339 e. The molecule has 0 saturated carbocycles. The summed E-state index contributed by atoms with van der Waals surface area (Å²) in [7, 11) is 0. The van der Waals surface area contributed by atoms with Crippen molar-refractivity contribution in [2.45, 2.75) is 26.7 Å². The highest BCUT2D eigenvalue weighted by atomic mass is 79.9. The monoisotopic (exact) mass is 369 g/mol. The van der Waals surface area contributed by atoms with Crippen molar-refractivity contribution in [1.82, 2.24) is 9.97 Å². The summed E-state index contributed by atoms with van der Waals surface area (Å²) in [6.07, 6.45) is 3.26. The van der Waals surface area contributed by atoms with Gasteiger partial charge < -0.3 is 10.7 Å². The standard InChI is InChI=1S/C14H17BrClN5/c1-3-4-9-13(18-7-19-14(9)21-17)20-12-6-11(16)8(2)5-10(12)15/h5-7H,3-4,17H2,1-2H3,(H2,18,19,20,21). The van der Waals surface area contributed by atoms with Crippen LogP contribution in [0.15, 0.2) is 22.9 Å². The molecule has 0 aliphatic rings. The van der Waals surface area contributed by atoms with Gasteiger partial charge in [-0.25, -0.2) is 15.8 Å². The highest BCUT2D eigenvalue weighted by Gasteiger charge is 2.12. The summed E-state index contributed by atoms with van der Waals surface area (Å²) < 4.78 is 0.924. The van der Waals surface area contributed by atoms with E-state index in [4.69, 9.17) is 17.4 Å². The van der Waals surface area contributed by atoms with E-state index in [-0.39, 0.29) is 0 Å². The number of nitrogens with two attached hydrogens (primary N) is 1. The Morgan fingerprint density at radius 2 is 2.00 bits per heavy atom. The maximum Gasteiger partial charge on any atom is 0.148 e. The van der Waals surface area contributed by atoms with Crippen molar-refractivity contribution in [2.24, 2.45) is 5.84 Å². The molecule has 5 nitrogen and oxygen atoms in total. The van der Waals surface area contributed by atoms with Crippen LogP contribution < -0.4 is 16.6 Å². The second-order valence-corrected chi connectivity index (χ2v) is 5.91. The number of benzene rings is 1. The highest BCUT2D eigenvalue weighted by molar-refractivity contribution is 9.10. The van der Waals surface area contributed by atoms with Gasteiger partial charge in [0.05, 0.1) is 5.69 Å². The Kier molecular flexibility index (Phi) is 5.39. The van der Waals surface area contributed by atoms with E-state index in [1.54, 1.807) is 0 Å². The lowest BCUT2D eigenvalue weighted by atomic mass is 10.1. The van der Waals surface area contributed by atoms with Gasteiger partial charge in [-0.15, -0.1) is 0 Å². The van der Waals surface area contributed by atoms with E-state index in [1.165, 1.54) is 6.33 Å². The zero-order valence-corrected chi connectivity index (χ0v) is 14.2. The van der Waals surface area contributed by atoms with Gasteiger partial charge in [0, 0.05) is 15.1 Å². The predicted molar refractivity (Wildman–Crippen MR) is 91.0 cm³/mol. The Morgan fingerprint density at radius 3 is 2.67 bits per heavy atom. The number of aromatic nitrogens is 2. The quantitative estimate of drug-likeness (QED) is 0.543. The van der Waals surface area contributed by atoms with Crippen LogP contribution >= 0.6 is 27.5 Å². The molecule has 0 atom stereocenters. The minimum atomic E-state index is 0.628. The molecule has 0 aliphatic carbocycles. The van der Waals surface area contributed by atoms with Crippen molar-refractivity contribution in [2.75, 3.05) is 10.7 Å². The molecule has 7 heteroatoms. The predicted octanol–water partition coefficient (Wildman–Crippen LogP) is 4.18. The molecule has 0 fully saturated rings. The van der Waals surface area contributed by atoms with Crippen LogP contribution in [0.5, 0.6) is 0 Å². The topological polar surface area (TPSA) is 75.9 Å². The number of hydrogen-bond donors (Lipinski definition) is 3. The van der Waals surface area contributed by atoms with E-state index >= 15 is 0 Å². The number of nitrogens with one attached hydrogen (secondary N) is 2. The molecule has 0 radical (unpaired) electrons. The Bertz CT molecular complexity index is 648. The third kappa shape index (κ3) is 3.64. The number of hydrazine groups is 1. The fourth-order valence-corrected chi connectivity index (χ4v) is 2.72. The molecule has 0 unspecified atom stereocenters. The lowest BCUT2D eigenvalue weighted by molar-refractivity contribution is 0.903. The third-order valence-corrected chi connectivity index (χ3v) is 4.15. The molecule has 1 heterocycles. The van der Waals surface area contributed by atoms with Crippen LogP contribution in [-0.4, -0.2) is 9.97 Å². The molecule has 0 spiro atoms. The molecular formula is C14H17BrClN5. The van der Waals surface area contributed by atoms with E-state index < -0.39 is 0 Å². The molecule has 4 N–H and O–H groups in total. The van der Waals surface area contributed by atoms with E-state index in [2.05, 4.69) is 43.6 Å². The molecule has 1 aromatic carbocycles. The lowest BCUT2D eigenvalue weighted by Gasteiger charge is -2.15. The van der Waals surface area contributed by atoms with Crippen molar-refractivity contribution in [1.29, 1.82) is 0 Å². The van der Waals surface area contributed by atoms with Gasteiger partial charge in [-0.3, -0.25) is 0 Å². The largest absolute Gasteiger partial charge is 0.339 e. The molecule has 0 amide bonds. The van der Waals surface area contributed by atoms with E-state index in [0.29, 0.717) is 10.8 Å². The van der Waals surface area contributed by atoms with Gasteiger partial charge >= 0.3 is 0 Å². The summed E-state index contributed by atoms with van der Waals surface area (Å²) in [5, 5.41) is 3.99. The first-order valence-electron chi connectivity index (χ1n) is 6.60. The molecular weight excluding hydrogens is 354 g/mol. The summed E-state index contributed by atoms with van der Waals surface area (Å²) in [5.41, 5.74) is 5.42. The van der Waals surface area contributed by atoms with Gasteiger partial charge in [0.1, 0.15) is 18.0 Å². The molecule has 1 aromatic heterocycles. The van der Waals surface area contributed by atoms with Gasteiger partial charge in [0.15, 0.2) is 0 Å². The van der Waals surface area contributed by atoms with Crippen molar-refractivity contribution in [3.63, 3.8) is 0 Å². The highest BCUT2D eigenvalue weighted by Crippen LogP contribution is 2.32. The van der Waals surface area contributed by atoms with Gasteiger partial charge in [-0.2, -0.15) is 0 Å². The van der Waals surface area contributed by atoms with Crippen molar-refractivity contribution in [3.8, 4) is 0 Å². The second-order valence-electron chi connectivity index (χ2n) is 4.65. The van der Waals surface area contributed by atoms with Gasteiger partial charge in [-0.1, -0.05) is 24.9 Å². The van der Waals surface area contributed by atoms with Crippen LogP contribution in [0.2, 0.25) is 5.02 Å². The fraction of sp³-hybridized carbons (Fsp3) is 0.286. The van der Waals surface area contributed by atoms with Crippen LogP contribution in [0.4, 0.5) is 17.3 Å². The Hall–Kier alpha value is -1.37. The van der Waals surface area contributed by atoms with E-state index in [9.17, 15) is 0 Å². The van der Waals surface area contributed by atoms with E-state index in [1.807, 2.05) is 19.1 Å². The summed E-state index contributed by atoms with van der Waals surface area (Å²) in [5.74, 6) is 6.87. The van der Waals surface area contributed by atoms with Gasteiger partial charge in [0.2, 0.25) is 0 Å². The lowest BCUT2D eigenvalue weighted by Crippen LogP contribution is -2.13. The number of aryl methyl sites for hydroxylation is 1. The molecule has 2 aromatic rings. The van der Waals surface area contributed by atoms with Crippen LogP contribution in [-0.2, 0) is 6.42 Å². The number of rotatable bonds is 5. The molecule has 0 saturated heterocycles. The average molecular weight is 371 g/mol. The minimum absolute atomic E-state index is 0.628. The number of anilines is 3. The first-order chi connectivity index (χ1) is 10.1. The van der Waals surface area contributed by atoms with Crippen molar-refractivity contribution < 1.29 is 0 Å². The normalized spacial score (nSPS) is 10.5. The molecule has 21 heavy (non-hydrogen) atoms. The summed E-state index contributed by atoms with van der Waals surface area (Å²) in [4.78, 5) is 8.46. The number of nitrogen functional groups attached to an aromatic ring is 1. The van der Waals surface area contributed by atoms with Crippen molar-refractivity contribution in [3.05, 3.63) is 39.1 Å². The number of hydrogen-bond acceptors (Lipinski definition) is 5. The number of halogens is 2. The smallest absolute Gasteiger partial charge is 0.148 e. The first kappa shape index (κ1) is 16.0. The van der Waals surface area contributed by atoms with Gasteiger partial charge in [0.25, 0.3) is 0 Å². The first-order valence-corrected chi connectivity index (χ1v) is 7.77. The molecule has 112 valence electrons. The van der Waals surface area contributed by atoms with E-state index in [0.717, 1.165) is 39.9 Å². The second kappa shape index (κ2) is 7.06. The maximum atomic E-state index is 6.19. The zero-order chi connectivity index (χ0) is 15.4. The SMILES string of the molecule is CCCc1c(NN)ncnc1Nc1cc(Cl)c(C)cc1Br. The molecule has 2 rings (SSSR count). The Balaban J connectivity index is 2.42. The van der Waals surface area contributed by atoms with Crippen LogP contribution in [0.25, 0.3) is 0 Å². The Labute approximate surface area is 137 Å².